The Kier molecular flexibility index (Phi) is 3.97. The SMILES string of the molecule is CNC(c1ccc(O)c(OC)c1)C(C)C. The Morgan fingerprint density at radius 1 is 1.33 bits per heavy atom. The van der Waals surface area contributed by atoms with E-state index in [1.165, 1.54) is 0 Å². The summed E-state index contributed by atoms with van der Waals surface area (Å²) in [6, 6.07) is 5.73. The molecule has 0 aliphatic rings. The van der Waals surface area contributed by atoms with Gasteiger partial charge < -0.3 is 15.2 Å². The number of nitrogens with one attached hydrogen (secondary N) is 1. The molecule has 0 fully saturated rings. The molecule has 1 aromatic carbocycles. The van der Waals surface area contributed by atoms with Crippen LogP contribution in [-0.2, 0) is 0 Å². The van der Waals surface area contributed by atoms with Crippen molar-refractivity contribution in [3.05, 3.63) is 23.8 Å². The van der Waals surface area contributed by atoms with E-state index in [-0.39, 0.29) is 11.8 Å². The quantitative estimate of drug-likeness (QED) is 0.799. The van der Waals surface area contributed by atoms with Gasteiger partial charge in [-0.3, -0.25) is 0 Å². The van der Waals surface area contributed by atoms with Crippen molar-refractivity contribution in [2.45, 2.75) is 19.9 Å². The summed E-state index contributed by atoms with van der Waals surface area (Å²) in [5.74, 6) is 1.19. The number of methoxy groups -OCH3 is 1. The summed E-state index contributed by atoms with van der Waals surface area (Å²) in [5.41, 5.74) is 1.13. The second-order valence-electron chi connectivity index (χ2n) is 3.94. The Morgan fingerprint density at radius 3 is 2.47 bits per heavy atom. The van der Waals surface area contributed by atoms with Crippen molar-refractivity contribution in [3.8, 4) is 11.5 Å². The second kappa shape index (κ2) is 5.03. The molecular weight excluding hydrogens is 190 g/mol. The lowest BCUT2D eigenvalue weighted by Crippen LogP contribution is -2.21. The monoisotopic (exact) mass is 209 g/mol. The van der Waals surface area contributed by atoms with E-state index in [0.29, 0.717) is 11.7 Å². The molecule has 84 valence electrons. The second-order valence-corrected chi connectivity index (χ2v) is 3.94. The highest BCUT2D eigenvalue weighted by atomic mass is 16.5. The molecule has 0 saturated heterocycles. The number of benzene rings is 1. The number of phenolic OH excluding ortho intramolecular Hbond substituents is 1. The molecule has 0 amide bonds. The Bertz CT molecular complexity index is 323. The smallest absolute Gasteiger partial charge is 0.160 e. The van der Waals surface area contributed by atoms with Crippen molar-refractivity contribution in [2.75, 3.05) is 14.2 Å². The van der Waals surface area contributed by atoms with Gasteiger partial charge in [0.25, 0.3) is 0 Å². The van der Waals surface area contributed by atoms with E-state index in [4.69, 9.17) is 4.74 Å². The van der Waals surface area contributed by atoms with Gasteiger partial charge in [-0.05, 0) is 30.7 Å². The summed E-state index contributed by atoms with van der Waals surface area (Å²) in [6.07, 6.45) is 0. The van der Waals surface area contributed by atoms with Crippen LogP contribution in [0.5, 0.6) is 11.5 Å². The van der Waals surface area contributed by atoms with Gasteiger partial charge in [-0.15, -0.1) is 0 Å². The number of phenols is 1. The van der Waals surface area contributed by atoms with Gasteiger partial charge in [-0.2, -0.15) is 0 Å². The Labute approximate surface area is 91.1 Å². The third kappa shape index (κ3) is 2.63. The summed E-state index contributed by atoms with van der Waals surface area (Å²) in [5, 5.41) is 12.7. The summed E-state index contributed by atoms with van der Waals surface area (Å²) in [7, 11) is 3.49. The number of aromatic hydroxyl groups is 1. The summed E-state index contributed by atoms with van der Waals surface area (Å²) in [6.45, 7) is 4.31. The van der Waals surface area contributed by atoms with Crippen LogP contribution >= 0.6 is 0 Å². The Hall–Kier alpha value is -1.22. The standard InChI is InChI=1S/C12H19NO2/c1-8(2)12(13-3)9-5-6-10(14)11(7-9)15-4/h5-8,12-14H,1-4H3. The minimum atomic E-state index is 0.180. The van der Waals surface area contributed by atoms with E-state index < -0.39 is 0 Å². The fourth-order valence-corrected chi connectivity index (χ4v) is 1.77. The zero-order valence-electron chi connectivity index (χ0n) is 9.74. The molecule has 0 aliphatic heterocycles. The first-order valence-electron chi connectivity index (χ1n) is 5.14. The lowest BCUT2D eigenvalue weighted by molar-refractivity contribution is 0.370. The maximum Gasteiger partial charge on any atom is 0.160 e. The van der Waals surface area contributed by atoms with Crippen molar-refractivity contribution in [1.82, 2.24) is 5.32 Å². The first-order chi connectivity index (χ1) is 7.10. The molecule has 1 atom stereocenters. The zero-order valence-corrected chi connectivity index (χ0v) is 9.74. The van der Waals surface area contributed by atoms with Gasteiger partial charge in [0.2, 0.25) is 0 Å². The van der Waals surface area contributed by atoms with Gasteiger partial charge in [-0.1, -0.05) is 19.9 Å². The van der Waals surface area contributed by atoms with Crippen LogP contribution in [0.1, 0.15) is 25.5 Å². The predicted molar refractivity (Wildman–Crippen MR) is 61.3 cm³/mol. The van der Waals surface area contributed by atoms with Gasteiger partial charge in [-0.25, -0.2) is 0 Å². The van der Waals surface area contributed by atoms with Crippen LogP contribution < -0.4 is 10.1 Å². The number of hydrogen-bond donors (Lipinski definition) is 2. The van der Waals surface area contributed by atoms with Crippen LogP contribution in [0.15, 0.2) is 18.2 Å². The molecule has 2 N–H and O–H groups in total. The molecule has 15 heavy (non-hydrogen) atoms. The van der Waals surface area contributed by atoms with E-state index in [0.717, 1.165) is 5.56 Å². The molecule has 0 heterocycles. The lowest BCUT2D eigenvalue weighted by Gasteiger charge is -2.21. The van der Waals surface area contributed by atoms with E-state index in [9.17, 15) is 5.11 Å². The molecule has 0 aromatic heterocycles. The molecule has 3 nitrogen and oxygen atoms in total. The van der Waals surface area contributed by atoms with Gasteiger partial charge in [0, 0.05) is 6.04 Å². The molecule has 1 rings (SSSR count). The average molecular weight is 209 g/mol. The number of rotatable bonds is 4. The Morgan fingerprint density at radius 2 is 2.00 bits per heavy atom. The van der Waals surface area contributed by atoms with Crippen molar-refractivity contribution in [1.29, 1.82) is 0 Å². The van der Waals surface area contributed by atoms with Gasteiger partial charge >= 0.3 is 0 Å². The van der Waals surface area contributed by atoms with Crippen LogP contribution in [0.4, 0.5) is 0 Å². The third-order valence-corrected chi connectivity index (χ3v) is 2.54. The van der Waals surface area contributed by atoms with Crippen LogP contribution in [0.2, 0.25) is 0 Å². The highest BCUT2D eigenvalue weighted by molar-refractivity contribution is 5.42. The molecule has 0 saturated carbocycles. The van der Waals surface area contributed by atoms with Crippen molar-refractivity contribution >= 4 is 0 Å². The van der Waals surface area contributed by atoms with Gasteiger partial charge in [0.1, 0.15) is 0 Å². The fourth-order valence-electron chi connectivity index (χ4n) is 1.77. The number of hydrogen-bond acceptors (Lipinski definition) is 3. The Balaban J connectivity index is 3.03. The first kappa shape index (κ1) is 11.9. The van der Waals surface area contributed by atoms with Crippen LogP contribution in [0.25, 0.3) is 0 Å². The molecule has 0 radical (unpaired) electrons. The van der Waals surface area contributed by atoms with Crippen molar-refractivity contribution < 1.29 is 9.84 Å². The van der Waals surface area contributed by atoms with Crippen molar-refractivity contribution in [3.63, 3.8) is 0 Å². The van der Waals surface area contributed by atoms with Gasteiger partial charge in [0.05, 0.1) is 7.11 Å². The van der Waals surface area contributed by atoms with E-state index >= 15 is 0 Å². The highest BCUT2D eigenvalue weighted by Crippen LogP contribution is 2.31. The fraction of sp³-hybridized carbons (Fsp3) is 0.500. The highest BCUT2D eigenvalue weighted by Gasteiger charge is 2.15. The topological polar surface area (TPSA) is 41.5 Å². The molecule has 0 aliphatic carbocycles. The predicted octanol–water partition coefficient (Wildman–Crippen LogP) is 2.32. The summed E-state index contributed by atoms with van der Waals surface area (Å²) < 4.78 is 5.08. The first-order valence-corrected chi connectivity index (χ1v) is 5.14. The zero-order chi connectivity index (χ0) is 11.4. The molecule has 0 bridgehead atoms. The maximum absolute atomic E-state index is 9.48. The summed E-state index contributed by atoms with van der Waals surface area (Å²) >= 11 is 0. The lowest BCUT2D eigenvalue weighted by atomic mass is 9.96. The molecule has 0 spiro atoms. The third-order valence-electron chi connectivity index (χ3n) is 2.54. The molecule has 1 aromatic rings. The van der Waals surface area contributed by atoms with Crippen LogP contribution in [0.3, 0.4) is 0 Å². The molecular formula is C12H19NO2. The minimum absolute atomic E-state index is 0.180. The van der Waals surface area contributed by atoms with Crippen LogP contribution in [0, 0.1) is 5.92 Å². The van der Waals surface area contributed by atoms with Crippen LogP contribution in [-0.4, -0.2) is 19.3 Å². The maximum atomic E-state index is 9.48. The van der Waals surface area contributed by atoms with E-state index in [2.05, 4.69) is 19.2 Å². The molecule has 3 heteroatoms. The summed E-state index contributed by atoms with van der Waals surface area (Å²) in [4.78, 5) is 0. The minimum Gasteiger partial charge on any atom is -0.504 e. The number of ether oxygens (including phenoxy) is 1. The van der Waals surface area contributed by atoms with E-state index in [1.807, 2.05) is 19.2 Å². The molecule has 1 unspecified atom stereocenters. The largest absolute Gasteiger partial charge is 0.504 e. The van der Waals surface area contributed by atoms with E-state index in [1.54, 1.807) is 13.2 Å². The normalized spacial score (nSPS) is 12.9. The van der Waals surface area contributed by atoms with Crippen molar-refractivity contribution in [2.24, 2.45) is 5.92 Å². The van der Waals surface area contributed by atoms with Gasteiger partial charge in [0.15, 0.2) is 11.5 Å². The average Bonchev–Trinajstić information content (AvgIpc) is 2.21.